The van der Waals surface area contributed by atoms with Gasteiger partial charge in [-0.05, 0) is 15.9 Å². The average molecular weight is 375 g/mol. The number of aliphatic hydroxyl groups is 3. The lowest BCUT2D eigenvalue weighted by atomic mass is 10.1. The Morgan fingerprint density at radius 1 is 1.32 bits per heavy atom. The third-order valence-electron chi connectivity index (χ3n) is 3.37. The van der Waals surface area contributed by atoms with E-state index in [1.54, 1.807) is 0 Å². The second-order valence-corrected chi connectivity index (χ2v) is 5.55. The van der Waals surface area contributed by atoms with E-state index in [0.29, 0.717) is 0 Å². The first kappa shape index (κ1) is 15.2. The molecule has 0 unspecified atom stereocenters. The van der Waals surface area contributed by atoms with E-state index in [1.807, 2.05) is 0 Å². The smallest absolute Gasteiger partial charge is 0.295 e. The zero-order valence-electron chi connectivity index (χ0n) is 10.9. The van der Waals surface area contributed by atoms with Crippen LogP contribution in [0.5, 0.6) is 0 Å². The van der Waals surface area contributed by atoms with Crippen LogP contribution in [0.15, 0.2) is 20.4 Å². The van der Waals surface area contributed by atoms with Crippen molar-refractivity contribution in [3.63, 3.8) is 0 Å². The molecule has 1 saturated heterocycles. The number of hydrogen-bond donors (Lipinski definition) is 4. The molecule has 0 aliphatic carbocycles. The van der Waals surface area contributed by atoms with E-state index in [0.717, 1.165) is 4.68 Å². The highest BCUT2D eigenvalue weighted by Crippen LogP contribution is 2.27. The van der Waals surface area contributed by atoms with Gasteiger partial charge in [-0.1, -0.05) is 0 Å². The summed E-state index contributed by atoms with van der Waals surface area (Å²) in [4.78, 5) is 32.1. The maximum Gasteiger partial charge on any atom is 0.295 e. The number of aromatic nitrogens is 4. The van der Waals surface area contributed by atoms with Crippen molar-refractivity contribution >= 4 is 27.0 Å². The van der Waals surface area contributed by atoms with Gasteiger partial charge in [-0.25, -0.2) is 14.6 Å². The van der Waals surface area contributed by atoms with Crippen LogP contribution >= 0.6 is 15.9 Å². The van der Waals surface area contributed by atoms with Crippen LogP contribution in [0, 0.1) is 0 Å². The maximum atomic E-state index is 12.4. The highest BCUT2D eigenvalue weighted by atomic mass is 79.9. The number of halogens is 1. The lowest BCUT2D eigenvalue weighted by molar-refractivity contribution is -0.0610. The summed E-state index contributed by atoms with van der Waals surface area (Å²) < 4.78 is 6.24. The predicted molar refractivity (Wildman–Crippen MR) is 75.1 cm³/mol. The normalized spacial score (nSPS) is 28.4. The van der Waals surface area contributed by atoms with Crippen LogP contribution in [0.3, 0.4) is 0 Å². The third-order valence-corrected chi connectivity index (χ3v) is 3.76. The Kier molecular flexibility index (Phi) is 3.82. The number of rotatable bonds is 2. The molecule has 10 nitrogen and oxygen atoms in total. The number of nitrogens with one attached hydrogen (secondary N) is 1. The number of fused-ring (bicyclic) bond motifs is 1. The van der Waals surface area contributed by atoms with Crippen molar-refractivity contribution in [3.05, 3.63) is 31.5 Å². The van der Waals surface area contributed by atoms with Crippen LogP contribution in [0.1, 0.15) is 6.23 Å². The highest BCUT2D eigenvalue weighted by molar-refractivity contribution is 9.10. The molecule has 0 saturated carbocycles. The quantitative estimate of drug-likeness (QED) is 0.464. The Labute approximate surface area is 130 Å². The van der Waals surface area contributed by atoms with Crippen molar-refractivity contribution in [1.82, 2.24) is 19.7 Å². The summed E-state index contributed by atoms with van der Waals surface area (Å²) in [6, 6.07) is 0. The van der Waals surface area contributed by atoms with Crippen molar-refractivity contribution < 1.29 is 20.1 Å². The summed E-state index contributed by atoms with van der Waals surface area (Å²) >= 11 is 3.05. The number of aromatic amines is 1. The van der Waals surface area contributed by atoms with E-state index in [2.05, 4.69) is 31.0 Å². The highest BCUT2D eigenvalue weighted by Gasteiger charge is 2.44. The molecule has 3 rings (SSSR count). The van der Waals surface area contributed by atoms with Gasteiger partial charge in [0.05, 0.1) is 12.8 Å². The Morgan fingerprint density at radius 2 is 2.05 bits per heavy atom. The van der Waals surface area contributed by atoms with Gasteiger partial charge in [0.1, 0.15) is 22.9 Å². The molecule has 3 heterocycles. The molecule has 11 heteroatoms. The van der Waals surface area contributed by atoms with Gasteiger partial charge in [0, 0.05) is 0 Å². The zero-order chi connectivity index (χ0) is 16.0. The lowest BCUT2D eigenvalue weighted by Crippen LogP contribution is -2.39. The molecule has 4 atom stereocenters. The molecule has 0 aromatic carbocycles. The second kappa shape index (κ2) is 5.52. The number of H-pyrrole nitrogens is 1. The van der Waals surface area contributed by atoms with Crippen molar-refractivity contribution in [3.8, 4) is 0 Å². The third kappa shape index (κ3) is 2.27. The molecule has 118 valence electrons. The van der Waals surface area contributed by atoms with Gasteiger partial charge in [-0.3, -0.25) is 14.7 Å². The Bertz CT molecular complexity index is 835. The Morgan fingerprint density at radius 3 is 2.68 bits per heavy atom. The van der Waals surface area contributed by atoms with E-state index in [-0.39, 0.29) is 15.6 Å². The van der Waals surface area contributed by atoms with E-state index in [4.69, 9.17) is 9.84 Å². The molecule has 4 N–H and O–H groups in total. The summed E-state index contributed by atoms with van der Waals surface area (Å²) in [7, 11) is 0. The maximum absolute atomic E-state index is 12.4. The standard InChI is InChI=1S/C11H11BrN4O6/c12-4-1-13-6-5(14-4)9(20)15-16(10(6)21)11-8(19)7(18)3(2-17)22-11/h1,3,7-8,11,17-19H,2H2,(H,15,20)/t3-,7-,8-,11-/m1/s1. The van der Waals surface area contributed by atoms with Gasteiger partial charge in [0.2, 0.25) is 0 Å². The summed E-state index contributed by atoms with van der Waals surface area (Å²) in [5, 5.41) is 30.9. The summed E-state index contributed by atoms with van der Waals surface area (Å²) in [6.45, 7) is -0.548. The molecular formula is C11H11BrN4O6. The Balaban J connectivity index is 2.17. The zero-order valence-corrected chi connectivity index (χ0v) is 12.5. The van der Waals surface area contributed by atoms with E-state index >= 15 is 0 Å². The average Bonchev–Trinajstić information content (AvgIpc) is 2.78. The molecule has 22 heavy (non-hydrogen) atoms. The Hall–Kier alpha value is -1.66. The van der Waals surface area contributed by atoms with Crippen LogP contribution in [0.4, 0.5) is 0 Å². The van der Waals surface area contributed by atoms with Crippen molar-refractivity contribution in [1.29, 1.82) is 0 Å². The van der Waals surface area contributed by atoms with E-state index < -0.39 is 42.3 Å². The first-order valence-electron chi connectivity index (χ1n) is 6.23. The SMILES string of the molecule is O=c1[nH]n([C@@H]2O[C@H](CO)[C@@H](O)[C@H]2O)c(=O)c2ncc(Br)nc12. The monoisotopic (exact) mass is 374 g/mol. The van der Waals surface area contributed by atoms with Gasteiger partial charge in [0.25, 0.3) is 11.1 Å². The van der Waals surface area contributed by atoms with Gasteiger partial charge in [-0.15, -0.1) is 0 Å². The summed E-state index contributed by atoms with van der Waals surface area (Å²) in [5.41, 5.74) is -1.82. The first-order chi connectivity index (χ1) is 10.4. The fourth-order valence-electron chi connectivity index (χ4n) is 2.28. The molecule has 1 aliphatic heterocycles. The number of nitrogens with zero attached hydrogens (tertiary/aromatic N) is 3. The lowest BCUT2D eigenvalue weighted by Gasteiger charge is -2.17. The molecule has 1 fully saturated rings. The topological polar surface area (TPSA) is 151 Å². The molecule has 2 aromatic rings. The largest absolute Gasteiger partial charge is 0.394 e. The molecule has 0 radical (unpaired) electrons. The van der Waals surface area contributed by atoms with Crippen molar-refractivity contribution in [2.45, 2.75) is 24.5 Å². The molecule has 0 amide bonds. The van der Waals surface area contributed by atoms with Gasteiger partial charge < -0.3 is 20.1 Å². The first-order valence-corrected chi connectivity index (χ1v) is 7.03. The fraction of sp³-hybridized carbons (Fsp3) is 0.455. The van der Waals surface area contributed by atoms with E-state index in [9.17, 15) is 19.8 Å². The number of ether oxygens (including phenoxy) is 1. The van der Waals surface area contributed by atoms with Crippen LogP contribution < -0.4 is 11.1 Å². The molecule has 2 aromatic heterocycles. The van der Waals surface area contributed by atoms with Crippen molar-refractivity contribution in [2.24, 2.45) is 0 Å². The van der Waals surface area contributed by atoms with Gasteiger partial charge in [-0.2, -0.15) is 0 Å². The van der Waals surface area contributed by atoms with E-state index in [1.165, 1.54) is 6.20 Å². The number of aliphatic hydroxyl groups excluding tert-OH is 3. The molecule has 0 spiro atoms. The summed E-state index contributed by atoms with van der Waals surface area (Å²) in [5.74, 6) is 0. The van der Waals surface area contributed by atoms with Gasteiger partial charge in [0.15, 0.2) is 17.3 Å². The molecule has 1 aliphatic rings. The van der Waals surface area contributed by atoms with Crippen LogP contribution in [0.25, 0.3) is 11.0 Å². The van der Waals surface area contributed by atoms with Crippen molar-refractivity contribution in [2.75, 3.05) is 6.61 Å². The van der Waals surface area contributed by atoms with Crippen LogP contribution in [0.2, 0.25) is 0 Å². The summed E-state index contributed by atoms with van der Waals surface area (Å²) in [6.07, 6.45) is -4.04. The minimum atomic E-state index is -1.49. The van der Waals surface area contributed by atoms with Crippen LogP contribution in [-0.4, -0.2) is 60.0 Å². The molecule has 0 bridgehead atoms. The van der Waals surface area contributed by atoms with Gasteiger partial charge >= 0.3 is 0 Å². The minimum Gasteiger partial charge on any atom is -0.394 e. The predicted octanol–water partition coefficient (Wildman–Crippen LogP) is -2.15. The fourth-order valence-corrected chi connectivity index (χ4v) is 2.56. The number of hydrogen-bond acceptors (Lipinski definition) is 8. The second-order valence-electron chi connectivity index (χ2n) is 4.73. The molecular weight excluding hydrogens is 364 g/mol. The van der Waals surface area contributed by atoms with Crippen LogP contribution in [-0.2, 0) is 4.74 Å². The minimum absolute atomic E-state index is 0.164.